The van der Waals surface area contributed by atoms with Crippen LogP contribution >= 0.6 is 0 Å². The highest BCUT2D eigenvalue weighted by Crippen LogP contribution is 2.57. The number of methoxy groups -OCH3 is 1. The second-order valence-corrected chi connectivity index (χ2v) is 8.67. The SMILES string of the molecule is COCCNC(=O)C12CC1CCN2S(=O)(=O)c1ccc2c(c1)CCO2. The molecule has 7 nitrogen and oxygen atoms in total. The molecule has 1 aromatic carbocycles. The molecule has 0 spiro atoms. The predicted molar refractivity (Wildman–Crippen MR) is 89.9 cm³/mol. The smallest absolute Gasteiger partial charge is 0.244 e. The molecule has 1 aliphatic carbocycles. The lowest BCUT2D eigenvalue weighted by Crippen LogP contribution is -2.50. The molecule has 2 atom stereocenters. The molecule has 1 N–H and O–H groups in total. The Morgan fingerprint density at radius 2 is 2.32 bits per heavy atom. The lowest BCUT2D eigenvalue weighted by atomic mass is 10.2. The van der Waals surface area contributed by atoms with Crippen molar-refractivity contribution in [3.05, 3.63) is 23.8 Å². The normalized spacial score (nSPS) is 27.5. The highest BCUT2D eigenvalue weighted by atomic mass is 32.2. The zero-order valence-electron chi connectivity index (χ0n) is 14.2. The van der Waals surface area contributed by atoms with Crippen molar-refractivity contribution in [1.82, 2.24) is 9.62 Å². The van der Waals surface area contributed by atoms with E-state index in [-0.39, 0.29) is 16.7 Å². The molecule has 1 saturated heterocycles. The van der Waals surface area contributed by atoms with Crippen molar-refractivity contribution >= 4 is 15.9 Å². The number of hydrogen-bond donors (Lipinski definition) is 1. The maximum absolute atomic E-state index is 13.2. The molecule has 1 saturated carbocycles. The number of piperidine rings is 1. The number of fused-ring (bicyclic) bond motifs is 2. The minimum absolute atomic E-state index is 0.114. The van der Waals surface area contributed by atoms with Crippen LogP contribution in [-0.4, -0.2) is 57.6 Å². The van der Waals surface area contributed by atoms with E-state index in [0.717, 1.165) is 17.7 Å². The van der Waals surface area contributed by atoms with Crippen LogP contribution in [0.2, 0.25) is 0 Å². The average Bonchev–Trinajstić information content (AvgIpc) is 2.96. The standard InChI is InChI=1S/C17H22N2O5S/c1-23-9-6-18-16(20)17-11-13(17)4-7-19(17)25(21,22)14-2-3-15-12(10-14)5-8-24-15/h2-3,10,13H,4-9,11H2,1H3,(H,18,20). The summed E-state index contributed by atoms with van der Waals surface area (Å²) in [6, 6.07) is 4.97. The first-order chi connectivity index (χ1) is 12.0. The Labute approximate surface area is 147 Å². The molecule has 2 heterocycles. The number of nitrogens with zero attached hydrogens (tertiary/aromatic N) is 1. The van der Waals surface area contributed by atoms with E-state index < -0.39 is 15.6 Å². The van der Waals surface area contributed by atoms with Gasteiger partial charge < -0.3 is 14.8 Å². The maximum atomic E-state index is 13.2. The molecule has 1 aromatic rings. The number of carbonyl (C=O) groups is 1. The summed E-state index contributed by atoms with van der Waals surface area (Å²) in [6.07, 6.45) is 2.04. The molecule has 3 aliphatic rings. The van der Waals surface area contributed by atoms with Crippen LogP contribution in [0.4, 0.5) is 0 Å². The van der Waals surface area contributed by atoms with Crippen LogP contribution in [0, 0.1) is 5.92 Å². The van der Waals surface area contributed by atoms with Crippen molar-refractivity contribution in [3.63, 3.8) is 0 Å². The third-order valence-electron chi connectivity index (χ3n) is 5.43. The number of rotatable bonds is 6. The zero-order chi connectivity index (χ0) is 17.7. The number of ether oxygens (including phenoxy) is 2. The molecule has 136 valence electrons. The fraction of sp³-hybridized carbons (Fsp3) is 0.588. The summed E-state index contributed by atoms with van der Waals surface area (Å²) in [5, 5.41) is 2.81. The Hall–Kier alpha value is -1.64. The summed E-state index contributed by atoms with van der Waals surface area (Å²) in [6.45, 7) is 1.76. The monoisotopic (exact) mass is 366 g/mol. The van der Waals surface area contributed by atoms with Crippen molar-refractivity contribution in [3.8, 4) is 5.75 Å². The van der Waals surface area contributed by atoms with Gasteiger partial charge >= 0.3 is 0 Å². The summed E-state index contributed by atoms with van der Waals surface area (Å²) >= 11 is 0. The molecule has 4 rings (SSSR count). The highest BCUT2D eigenvalue weighted by Gasteiger charge is 2.70. The van der Waals surface area contributed by atoms with Crippen molar-refractivity contribution in [1.29, 1.82) is 0 Å². The predicted octanol–water partition coefficient (Wildman–Crippen LogP) is 0.537. The van der Waals surface area contributed by atoms with E-state index in [2.05, 4.69) is 5.32 Å². The first kappa shape index (κ1) is 16.8. The van der Waals surface area contributed by atoms with Crippen LogP contribution < -0.4 is 10.1 Å². The first-order valence-electron chi connectivity index (χ1n) is 8.56. The minimum Gasteiger partial charge on any atom is -0.493 e. The molecule has 1 amide bonds. The summed E-state index contributed by atoms with van der Waals surface area (Å²) in [5.41, 5.74) is -0.00606. The Morgan fingerprint density at radius 1 is 1.48 bits per heavy atom. The topological polar surface area (TPSA) is 84.9 Å². The lowest BCUT2D eigenvalue weighted by Gasteiger charge is -2.27. The molecule has 25 heavy (non-hydrogen) atoms. The van der Waals surface area contributed by atoms with Gasteiger partial charge in [-0.15, -0.1) is 0 Å². The average molecular weight is 366 g/mol. The number of nitrogens with one attached hydrogen (secondary N) is 1. The van der Waals surface area contributed by atoms with Crippen LogP contribution in [0.3, 0.4) is 0 Å². The number of benzene rings is 1. The van der Waals surface area contributed by atoms with Gasteiger partial charge in [0.05, 0.1) is 18.1 Å². The van der Waals surface area contributed by atoms with Crippen molar-refractivity contribution in [2.45, 2.75) is 29.7 Å². The van der Waals surface area contributed by atoms with Crippen molar-refractivity contribution in [2.75, 3.05) is 33.4 Å². The van der Waals surface area contributed by atoms with E-state index in [1.165, 1.54) is 4.31 Å². The van der Waals surface area contributed by atoms with Gasteiger partial charge in [0.1, 0.15) is 11.3 Å². The lowest BCUT2D eigenvalue weighted by molar-refractivity contribution is -0.126. The van der Waals surface area contributed by atoms with Gasteiger partial charge in [-0.25, -0.2) is 8.42 Å². The second kappa shape index (κ2) is 5.96. The van der Waals surface area contributed by atoms with E-state index in [1.54, 1.807) is 25.3 Å². The number of hydrogen-bond acceptors (Lipinski definition) is 5. The largest absolute Gasteiger partial charge is 0.493 e. The fourth-order valence-electron chi connectivity index (χ4n) is 4.03. The van der Waals surface area contributed by atoms with Crippen molar-refractivity contribution in [2.24, 2.45) is 5.92 Å². The first-order valence-corrected chi connectivity index (χ1v) is 10.00. The summed E-state index contributed by atoms with van der Waals surface area (Å²) in [5.74, 6) is 0.652. The molecule has 0 bridgehead atoms. The molecule has 0 aromatic heterocycles. The van der Waals surface area contributed by atoms with Gasteiger partial charge in [-0.05, 0) is 42.5 Å². The third kappa shape index (κ3) is 2.54. The van der Waals surface area contributed by atoms with Crippen LogP contribution in [-0.2, 0) is 26.0 Å². The molecule has 8 heteroatoms. The van der Waals surface area contributed by atoms with E-state index >= 15 is 0 Å². The van der Waals surface area contributed by atoms with Crippen LogP contribution in [0.1, 0.15) is 18.4 Å². The van der Waals surface area contributed by atoms with Gasteiger partial charge in [-0.3, -0.25) is 4.79 Å². The van der Waals surface area contributed by atoms with E-state index in [0.29, 0.717) is 39.1 Å². The van der Waals surface area contributed by atoms with E-state index in [9.17, 15) is 13.2 Å². The van der Waals surface area contributed by atoms with Crippen molar-refractivity contribution < 1.29 is 22.7 Å². The Bertz CT molecular complexity index is 809. The van der Waals surface area contributed by atoms with Crippen LogP contribution in [0.5, 0.6) is 5.75 Å². The van der Waals surface area contributed by atoms with Gasteiger partial charge in [-0.1, -0.05) is 0 Å². The summed E-state index contributed by atoms with van der Waals surface area (Å²) in [4.78, 5) is 12.9. The third-order valence-corrected chi connectivity index (χ3v) is 7.37. The zero-order valence-corrected chi connectivity index (χ0v) is 15.0. The van der Waals surface area contributed by atoms with Gasteiger partial charge in [0.25, 0.3) is 0 Å². The quantitative estimate of drug-likeness (QED) is 0.743. The molecule has 2 aliphatic heterocycles. The Balaban J connectivity index is 1.60. The molecule has 0 radical (unpaired) electrons. The molecular weight excluding hydrogens is 344 g/mol. The van der Waals surface area contributed by atoms with E-state index in [1.807, 2.05) is 0 Å². The Kier molecular flexibility index (Phi) is 4.01. The number of amides is 1. The maximum Gasteiger partial charge on any atom is 0.244 e. The van der Waals surface area contributed by atoms with Gasteiger partial charge in [0, 0.05) is 26.6 Å². The number of carbonyl (C=O) groups excluding carboxylic acids is 1. The number of sulfonamides is 1. The van der Waals surface area contributed by atoms with E-state index in [4.69, 9.17) is 9.47 Å². The van der Waals surface area contributed by atoms with Gasteiger partial charge in [0.15, 0.2) is 0 Å². The van der Waals surface area contributed by atoms with Crippen LogP contribution in [0.15, 0.2) is 23.1 Å². The minimum atomic E-state index is -3.72. The van der Waals surface area contributed by atoms with Gasteiger partial charge in [0.2, 0.25) is 15.9 Å². The second-order valence-electron chi connectivity index (χ2n) is 6.81. The molecular formula is C17H22N2O5S. The highest BCUT2D eigenvalue weighted by molar-refractivity contribution is 7.89. The fourth-order valence-corrected chi connectivity index (χ4v) is 5.90. The molecule has 2 unspecified atom stereocenters. The Morgan fingerprint density at radius 3 is 3.08 bits per heavy atom. The summed E-state index contributed by atoms with van der Waals surface area (Å²) in [7, 11) is -2.15. The van der Waals surface area contributed by atoms with Crippen LogP contribution in [0.25, 0.3) is 0 Å². The van der Waals surface area contributed by atoms with Gasteiger partial charge in [-0.2, -0.15) is 4.31 Å². The molecule has 2 fully saturated rings. The summed E-state index contributed by atoms with van der Waals surface area (Å²) < 4.78 is 38.2.